The fraction of sp³-hybridized carbons (Fsp3) is 0.500. The van der Waals surface area contributed by atoms with Crippen molar-refractivity contribution in [3.8, 4) is 0 Å². The first-order valence-electron chi connectivity index (χ1n) is 6.18. The molecular weight excluding hydrogens is 278 g/mol. The molecule has 1 aliphatic rings. The quantitative estimate of drug-likeness (QED) is 0.841. The predicted molar refractivity (Wildman–Crippen MR) is 73.0 cm³/mol. The molecule has 1 saturated carbocycles. The van der Waals surface area contributed by atoms with E-state index in [2.05, 4.69) is 40.3 Å². The lowest BCUT2D eigenvalue weighted by atomic mass is 9.77. The molecule has 1 N–H and O–H groups in total. The van der Waals surface area contributed by atoms with E-state index in [-0.39, 0.29) is 11.6 Å². The number of rotatable bonds is 5. The summed E-state index contributed by atoms with van der Waals surface area (Å²) in [5.74, 6) is 0. The molecule has 0 bridgehead atoms. The molecule has 1 aromatic carbocycles. The maximum atomic E-state index is 11.2. The minimum Gasteiger partial charge on any atom is -0.301 e. The first-order valence-corrected chi connectivity index (χ1v) is 6.98. The minimum absolute atomic E-state index is 0.261. The van der Waals surface area contributed by atoms with Crippen molar-refractivity contribution in [2.45, 2.75) is 44.2 Å². The summed E-state index contributed by atoms with van der Waals surface area (Å²) < 4.78 is 1.09. The summed E-state index contributed by atoms with van der Waals surface area (Å²) >= 11 is 3.49. The Hall–Kier alpha value is -0.670. The summed E-state index contributed by atoms with van der Waals surface area (Å²) in [5, 5.41) is 3.52. The van der Waals surface area contributed by atoms with Gasteiger partial charge in [0.15, 0.2) is 0 Å². The van der Waals surface area contributed by atoms with E-state index in [9.17, 15) is 4.79 Å². The molecule has 1 aliphatic carbocycles. The van der Waals surface area contributed by atoms with Gasteiger partial charge in [0.25, 0.3) is 0 Å². The van der Waals surface area contributed by atoms with E-state index in [1.54, 1.807) is 0 Å². The first-order chi connectivity index (χ1) is 8.19. The van der Waals surface area contributed by atoms with E-state index in [1.807, 2.05) is 12.1 Å². The van der Waals surface area contributed by atoms with Crippen LogP contribution < -0.4 is 5.32 Å². The van der Waals surface area contributed by atoms with Crippen molar-refractivity contribution in [3.63, 3.8) is 0 Å². The monoisotopic (exact) mass is 295 g/mol. The second-order valence-electron chi connectivity index (χ2n) is 4.79. The molecule has 0 amide bonds. The van der Waals surface area contributed by atoms with Gasteiger partial charge < -0.3 is 4.79 Å². The summed E-state index contributed by atoms with van der Waals surface area (Å²) in [5.41, 5.74) is 0.984. The largest absolute Gasteiger partial charge is 0.301 e. The fourth-order valence-electron chi connectivity index (χ4n) is 2.35. The number of benzene rings is 1. The molecule has 1 aromatic rings. The van der Waals surface area contributed by atoms with E-state index in [0.717, 1.165) is 36.4 Å². The highest BCUT2D eigenvalue weighted by Crippen LogP contribution is 2.33. The van der Waals surface area contributed by atoms with Gasteiger partial charge in [-0.05, 0) is 43.4 Å². The Morgan fingerprint density at radius 2 is 2.29 bits per heavy atom. The molecule has 3 heteroatoms. The molecule has 1 unspecified atom stereocenters. The fourth-order valence-corrected chi connectivity index (χ4v) is 2.76. The predicted octanol–water partition coefficient (Wildman–Crippen LogP) is 3.61. The van der Waals surface area contributed by atoms with Crippen molar-refractivity contribution in [1.82, 2.24) is 5.32 Å². The second-order valence-corrected chi connectivity index (χ2v) is 5.70. The van der Waals surface area contributed by atoms with Crippen LogP contribution in [0.1, 0.15) is 44.2 Å². The van der Waals surface area contributed by atoms with E-state index >= 15 is 0 Å². The van der Waals surface area contributed by atoms with Gasteiger partial charge in [0.1, 0.15) is 6.29 Å². The lowest BCUT2D eigenvalue weighted by Crippen LogP contribution is -2.53. The van der Waals surface area contributed by atoms with Crippen LogP contribution in [0.5, 0.6) is 0 Å². The van der Waals surface area contributed by atoms with Crippen LogP contribution in [0.15, 0.2) is 28.7 Å². The number of carbonyl (C=O) groups excluding carboxylic acids is 1. The number of hydrogen-bond acceptors (Lipinski definition) is 2. The van der Waals surface area contributed by atoms with E-state index in [1.165, 1.54) is 5.56 Å². The van der Waals surface area contributed by atoms with Gasteiger partial charge in [-0.2, -0.15) is 0 Å². The third-order valence-corrected chi connectivity index (χ3v) is 4.09. The molecule has 0 aliphatic heterocycles. The Morgan fingerprint density at radius 3 is 2.76 bits per heavy atom. The summed E-state index contributed by atoms with van der Waals surface area (Å²) in [7, 11) is 0. The number of hydrogen-bond donors (Lipinski definition) is 1. The summed E-state index contributed by atoms with van der Waals surface area (Å²) in [6.07, 6.45) is 5.19. The van der Waals surface area contributed by atoms with Crippen LogP contribution in [-0.2, 0) is 4.79 Å². The van der Waals surface area contributed by atoms with Crippen LogP contribution >= 0.6 is 15.9 Å². The molecule has 1 atom stereocenters. The van der Waals surface area contributed by atoms with E-state index in [0.29, 0.717) is 0 Å². The van der Waals surface area contributed by atoms with Gasteiger partial charge >= 0.3 is 0 Å². The normalized spacial score (nSPS) is 19.4. The van der Waals surface area contributed by atoms with Gasteiger partial charge in [0.2, 0.25) is 0 Å². The van der Waals surface area contributed by atoms with Crippen molar-refractivity contribution in [2.75, 3.05) is 0 Å². The Kier molecular flexibility index (Phi) is 4.00. The van der Waals surface area contributed by atoms with Gasteiger partial charge in [-0.1, -0.05) is 35.0 Å². The number of halogens is 1. The zero-order valence-corrected chi connectivity index (χ0v) is 11.7. The third-order valence-electron chi connectivity index (χ3n) is 3.59. The molecule has 0 heterocycles. The molecular formula is C14H18BrNO. The molecule has 92 valence electrons. The lowest BCUT2D eigenvalue weighted by molar-refractivity contribution is -0.116. The topological polar surface area (TPSA) is 29.1 Å². The molecule has 17 heavy (non-hydrogen) atoms. The highest BCUT2D eigenvalue weighted by atomic mass is 79.9. The van der Waals surface area contributed by atoms with Crippen LogP contribution in [0.3, 0.4) is 0 Å². The zero-order chi connectivity index (χ0) is 12.3. The van der Waals surface area contributed by atoms with Gasteiger partial charge in [-0.25, -0.2) is 0 Å². The minimum atomic E-state index is -0.261. The average molecular weight is 296 g/mol. The van der Waals surface area contributed by atoms with Gasteiger partial charge in [-0.3, -0.25) is 5.32 Å². The second kappa shape index (κ2) is 5.32. The Morgan fingerprint density at radius 1 is 1.53 bits per heavy atom. The molecule has 2 rings (SSSR count). The van der Waals surface area contributed by atoms with Crippen molar-refractivity contribution in [2.24, 2.45) is 0 Å². The van der Waals surface area contributed by atoms with Crippen LogP contribution in [0.2, 0.25) is 0 Å². The number of nitrogens with one attached hydrogen (secondary N) is 1. The van der Waals surface area contributed by atoms with Crippen molar-refractivity contribution in [1.29, 1.82) is 0 Å². The molecule has 0 saturated heterocycles. The highest BCUT2D eigenvalue weighted by molar-refractivity contribution is 9.10. The van der Waals surface area contributed by atoms with E-state index in [4.69, 9.17) is 0 Å². The van der Waals surface area contributed by atoms with Gasteiger partial charge in [-0.15, -0.1) is 0 Å². The molecule has 0 spiro atoms. The van der Waals surface area contributed by atoms with Crippen molar-refractivity contribution in [3.05, 3.63) is 34.3 Å². The maximum absolute atomic E-state index is 11.2. The standard InChI is InChI=1S/C14H18BrNO/c1-2-13(11-5-3-6-12(15)9-11)16-14(10-17)7-4-8-14/h3,5-6,9-10,13,16H,2,4,7-8H2,1H3. The first kappa shape index (κ1) is 12.8. The molecule has 0 radical (unpaired) electrons. The Bertz CT molecular complexity index is 401. The SMILES string of the molecule is CCC(NC1(C=O)CCC1)c1cccc(Br)c1. The third kappa shape index (κ3) is 2.78. The summed E-state index contributed by atoms with van der Waals surface area (Å²) in [6.45, 7) is 2.15. The van der Waals surface area contributed by atoms with Crippen LogP contribution in [0.25, 0.3) is 0 Å². The van der Waals surface area contributed by atoms with Crippen LogP contribution in [0.4, 0.5) is 0 Å². The average Bonchev–Trinajstić information content (AvgIpc) is 2.29. The summed E-state index contributed by atoms with van der Waals surface area (Å²) in [4.78, 5) is 11.2. The molecule has 2 nitrogen and oxygen atoms in total. The number of aldehydes is 1. The van der Waals surface area contributed by atoms with Crippen LogP contribution in [0, 0.1) is 0 Å². The maximum Gasteiger partial charge on any atom is 0.140 e. The highest BCUT2D eigenvalue weighted by Gasteiger charge is 2.38. The molecule has 1 fully saturated rings. The smallest absolute Gasteiger partial charge is 0.140 e. The van der Waals surface area contributed by atoms with Gasteiger partial charge in [0.05, 0.1) is 5.54 Å². The van der Waals surface area contributed by atoms with Crippen molar-refractivity contribution >= 4 is 22.2 Å². The summed E-state index contributed by atoms with van der Waals surface area (Å²) in [6, 6.07) is 8.56. The van der Waals surface area contributed by atoms with E-state index < -0.39 is 0 Å². The van der Waals surface area contributed by atoms with Crippen molar-refractivity contribution < 1.29 is 4.79 Å². The van der Waals surface area contributed by atoms with Gasteiger partial charge in [0, 0.05) is 10.5 Å². The Balaban J connectivity index is 2.13. The number of carbonyl (C=O) groups is 1. The van der Waals surface area contributed by atoms with Crippen LogP contribution in [-0.4, -0.2) is 11.8 Å². The Labute approximate surface area is 111 Å². The molecule has 0 aromatic heterocycles. The zero-order valence-electron chi connectivity index (χ0n) is 10.1. The lowest BCUT2D eigenvalue weighted by Gasteiger charge is -2.40.